The summed E-state index contributed by atoms with van der Waals surface area (Å²) >= 11 is 0. The molecular formula is C14H19N5O2. The minimum absolute atomic E-state index is 0.161. The molecule has 0 unspecified atom stereocenters. The van der Waals surface area contributed by atoms with Gasteiger partial charge < -0.3 is 5.11 Å². The first-order chi connectivity index (χ1) is 10.3. The fourth-order valence-corrected chi connectivity index (χ4v) is 2.85. The highest BCUT2D eigenvalue weighted by Gasteiger charge is 2.21. The molecule has 0 bridgehead atoms. The van der Waals surface area contributed by atoms with Gasteiger partial charge in [-0.05, 0) is 19.4 Å². The zero-order valence-electron chi connectivity index (χ0n) is 11.9. The SMILES string of the molecule is O=c1c2nccnc2ncn1CCN1CCCC[C@@H]1CO. The maximum Gasteiger partial charge on any atom is 0.281 e. The Hall–Kier alpha value is -1.86. The van der Waals surface area contributed by atoms with E-state index in [1.807, 2.05) is 0 Å². The summed E-state index contributed by atoms with van der Waals surface area (Å²) in [5.74, 6) is 0. The molecule has 0 radical (unpaired) electrons. The molecule has 3 rings (SSSR count). The summed E-state index contributed by atoms with van der Waals surface area (Å²) in [4.78, 5) is 26.8. The molecule has 0 saturated carbocycles. The summed E-state index contributed by atoms with van der Waals surface area (Å²) in [7, 11) is 0. The molecule has 1 atom stereocenters. The van der Waals surface area contributed by atoms with Crippen molar-refractivity contribution in [1.29, 1.82) is 0 Å². The number of piperidine rings is 1. The highest BCUT2D eigenvalue weighted by atomic mass is 16.3. The van der Waals surface area contributed by atoms with Gasteiger partial charge in [-0.15, -0.1) is 0 Å². The Morgan fingerprint density at radius 3 is 2.90 bits per heavy atom. The molecule has 0 aliphatic carbocycles. The number of hydrogen-bond donors (Lipinski definition) is 1. The van der Waals surface area contributed by atoms with Crippen molar-refractivity contribution in [1.82, 2.24) is 24.4 Å². The molecule has 1 N–H and O–H groups in total. The zero-order chi connectivity index (χ0) is 14.7. The average molecular weight is 289 g/mol. The van der Waals surface area contributed by atoms with E-state index in [9.17, 15) is 9.90 Å². The predicted octanol–water partition coefficient (Wildman–Crippen LogP) is 0.0333. The van der Waals surface area contributed by atoms with Crippen LogP contribution >= 0.6 is 0 Å². The number of aliphatic hydroxyl groups excluding tert-OH is 1. The summed E-state index contributed by atoms with van der Waals surface area (Å²) in [6.07, 6.45) is 7.88. The van der Waals surface area contributed by atoms with Crippen molar-refractivity contribution in [3.8, 4) is 0 Å². The number of hydrogen-bond acceptors (Lipinski definition) is 6. The van der Waals surface area contributed by atoms with E-state index in [2.05, 4.69) is 19.9 Å². The van der Waals surface area contributed by atoms with Crippen LogP contribution in [0.4, 0.5) is 0 Å². The lowest BCUT2D eigenvalue weighted by molar-refractivity contribution is 0.0868. The second kappa shape index (κ2) is 6.28. The lowest BCUT2D eigenvalue weighted by Crippen LogP contribution is -2.44. The van der Waals surface area contributed by atoms with E-state index in [0.717, 1.165) is 32.4 Å². The Morgan fingerprint density at radius 1 is 1.19 bits per heavy atom. The van der Waals surface area contributed by atoms with E-state index in [1.165, 1.54) is 18.7 Å². The van der Waals surface area contributed by atoms with Crippen LogP contribution in [0.25, 0.3) is 11.2 Å². The van der Waals surface area contributed by atoms with Gasteiger partial charge >= 0.3 is 0 Å². The monoisotopic (exact) mass is 289 g/mol. The number of aliphatic hydroxyl groups is 1. The van der Waals surface area contributed by atoms with Gasteiger partial charge in [0.2, 0.25) is 0 Å². The molecule has 0 aromatic carbocycles. The highest BCUT2D eigenvalue weighted by Crippen LogP contribution is 2.16. The van der Waals surface area contributed by atoms with Crippen LogP contribution in [0.2, 0.25) is 0 Å². The van der Waals surface area contributed by atoms with Crippen molar-refractivity contribution in [2.24, 2.45) is 0 Å². The molecule has 2 aromatic rings. The number of likely N-dealkylation sites (tertiary alicyclic amines) is 1. The number of fused-ring (bicyclic) bond motifs is 1. The topological polar surface area (TPSA) is 84.1 Å². The van der Waals surface area contributed by atoms with Crippen LogP contribution in [-0.2, 0) is 6.54 Å². The van der Waals surface area contributed by atoms with Crippen LogP contribution in [0, 0.1) is 0 Å². The maximum absolute atomic E-state index is 12.3. The summed E-state index contributed by atoms with van der Waals surface area (Å²) in [5, 5.41) is 9.41. The van der Waals surface area contributed by atoms with E-state index >= 15 is 0 Å². The third-order valence-electron chi connectivity index (χ3n) is 4.05. The van der Waals surface area contributed by atoms with E-state index in [1.54, 1.807) is 4.57 Å². The summed E-state index contributed by atoms with van der Waals surface area (Å²) in [6, 6.07) is 0.211. The Kier molecular flexibility index (Phi) is 4.21. The van der Waals surface area contributed by atoms with Crippen LogP contribution in [0.1, 0.15) is 19.3 Å². The van der Waals surface area contributed by atoms with Gasteiger partial charge in [-0.1, -0.05) is 6.42 Å². The van der Waals surface area contributed by atoms with Crippen molar-refractivity contribution in [2.75, 3.05) is 19.7 Å². The lowest BCUT2D eigenvalue weighted by Gasteiger charge is -2.34. The number of aromatic nitrogens is 4. The molecule has 0 amide bonds. The molecule has 1 aliphatic heterocycles. The quantitative estimate of drug-likeness (QED) is 0.855. The third-order valence-corrected chi connectivity index (χ3v) is 4.05. The van der Waals surface area contributed by atoms with Crippen molar-refractivity contribution in [2.45, 2.75) is 31.8 Å². The van der Waals surface area contributed by atoms with E-state index in [-0.39, 0.29) is 18.2 Å². The van der Waals surface area contributed by atoms with Crippen LogP contribution in [0.15, 0.2) is 23.5 Å². The van der Waals surface area contributed by atoms with Crippen LogP contribution in [0.3, 0.4) is 0 Å². The molecule has 1 fully saturated rings. The molecule has 3 heterocycles. The summed E-state index contributed by atoms with van der Waals surface area (Å²) in [6.45, 7) is 2.44. The van der Waals surface area contributed by atoms with Gasteiger partial charge in [0.15, 0.2) is 11.2 Å². The van der Waals surface area contributed by atoms with E-state index in [0.29, 0.717) is 17.7 Å². The minimum Gasteiger partial charge on any atom is -0.395 e. The van der Waals surface area contributed by atoms with Gasteiger partial charge in [-0.3, -0.25) is 14.3 Å². The molecular weight excluding hydrogens is 270 g/mol. The van der Waals surface area contributed by atoms with Gasteiger partial charge in [0.25, 0.3) is 5.56 Å². The second-order valence-electron chi connectivity index (χ2n) is 5.34. The number of nitrogens with zero attached hydrogens (tertiary/aromatic N) is 5. The van der Waals surface area contributed by atoms with Crippen LogP contribution < -0.4 is 5.56 Å². The Morgan fingerprint density at radius 2 is 2.05 bits per heavy atom. The molecule has 1 saturated heterocycles. The van der Waals surface area contributed by atoms with E-state index < -0.39 is 0 Å². The predicted molar refractivity (Wildman–Crippen MR) is 77.9 cm³/mol. The molecule has 1 aliphatic rings. The normalized spacial score (nSPS) is 20.0. The van der Waals surface area contributed by atoms with Gasteiger partial charge in [0, 0.05) is 31.5 Å². The number of rotatable bonds is 4. The summed E-state index contributed by atoms with van der Waals surface area (Å²) in [5.41, 5.74) is 0.521. The largest absolute Gasteiger partial charge is 0.395 e. The Balaban J connectivity index is 1.76. The fourth-order valence-electron chi connectivity index (χ4n) is 2.85. The third kappa shape index (κ3) is 2.93. The van der Waals surface area contributed by atoms with Crippen LogP contribution in [-0.4, -0.2) is 55.3 Å². The molecule has 7 heteroatoms. The smallest absolute Gasteiger partial charge is 0.281 e. The lowest BCUT2D eigenvalue weighted by atomic mass is 10.0. The highest BCUT2D eigenvalue weighted by molar-refractivity contribution is 5.66. The van der Waals surface area contributed by atoms with Crippen molar-refractivity contribution >= 4 is 11.2 Å². The minimum atomic E-state index is -0.161. The Labute approximate surface area is 122 Å². The molecule has 21 heavy (non-hydrogen) atoms. The van der Waals surface area contributed by atoms with Gasteiger partial charge in [0.05, 0.1) is 6.61 Å². The summed E-state index contributed by atoms with van der Waals surface area (Å²) < 4.78 is 1.57. The molecule has 112 valence electrons. The molecule has 2 aromatic heterocycles. The van der Waals surface area contributed by atoms with E-state index in [4.69, 9.17) is 0 Å². The maximum atomic E-state index is 12.3. The first-order valence-electron chi connectivity index (χ1n) is 7.30. The van der Waals surface area contributed by atoms with Gasteiger partial charge in [-0.25, -0.2) is 15.0 Å². The van der Waals surface area contributed by atoms with Gasteiger partial charge in [0.1, 0.15) is 6.33 Å². The molecule has 0 spiro atoms. The van der Waals surface area contributed by atoms with Crippen LogP contribution in [0.5, 0.6) is 0 Å². The average Bonchev–Trinajstić information content (AvgIpc) is 2.55. The molecule has 7 nitrogen and oxygen atoms in total. The van der Waals surface area contributed by atoms with Crippen molar-refractivity contribution in [3.05, 3.63) is 29.1 Å². The zero-order valence-corrected chi connectivity index (χ0v) is 11.9. The first-order valence-corrected chi connectivity index (χ1v) is 7.30. The van der Waals surface area contributed by atoms with Crippen molar-refractivity contribution in [3.63, 3.8) is 0 Å². The Bertz CT molecular complexity index is 672. The van der Waals surface area contributed by atoms with Crippen molar-refractivity contribution < 1.29 is 5.11 Å². The van der Waals surface area contributed by atoms with Gasteiger partial charge in [-0.2, -0.15) is 0 Å². The fraction of sp³-hybridized carbons (Fsp3) is 0.571. The first kappa shape index (κ1) is 14.1. The second-order valence-corrected chi connectivity index (χ2v) is 5.34. The standard InChI is InChI=1S/C14H19N5O2/c20-9-11-3-1-2-6-18(11)7-8-19-10-17-13-12(14(19)21)15-4-5-16-13/h4-5,10-11,20H,1-3,6-9H2/t11-/m1/s1.